The number of hydrogen-bond acceptors (Lipinski definition) is 7. The molecule has 0 bridgehead atoms. The van der Waals surface area contributed by atoms with Crippen LogP contribution in [0.4, 0.5) is 0 Å². The molecule has 1 amide bonds. The van der Waals surface area contributed by atoms with Crippen molar-refractivity contribution in [1.29, 1.82) is 0 Å². The first-order chi connectivity index (χ1) is 12.2. The summed E-state index contributed by atoms with van der Waals surface area (Å²) in [4.78, 5) is 22.3. The van der Waals surface area contributed by atoms with E-state index in [0.29, 0.717) is 32.1 Å². The van der Waals surface area contributed by atoms with Crippen molar-refractivity contribution in [2.75, 3.05) is 53.1 Å². The molecule has 25 heavy (non-hydrogen) atoms. The van der Waals surface area contributed by atoms with Gasteiger partial charge in [0.25, 0.3) is 5.91 Å². The molecule has 2 aliphatic heterocycles. The van der Waals surface area contributed by atoms with E-state index in [1.54, 1.807) is 13.3 Å². The summed E-state index contributed by atoms with van der Waals surface area (Å²) in [5, 5.41) is 2.88. The molecule has 1 spiro atoms. The van der Waals surface area contributed by atoms with Gasteiger partial charge in [-0.25, -0.2) is 4.98 Å². The van der Waals surface area contributed by atoms with Crippen molar-refractivity contribution in [3.05, 3.63) is 24.3 Å². The van der Waals surface area contributed by atoms with Gasteiger partial charge in [0.15, 0.2) is 0 Å². The molecule has 2 saturated heterocycles. The minimum atomic E-state index is -0.286. The van der Waals surface area contributed by atoms with Crippen molar-refractivity contribution >= 4 is 5.91 Å². The van der Waals surface area contributed by atoms with E-state index in [0.717, 1.165) is 32.5 Å². The fourth-order valence-corrected chi connectivity index (χ4v) is 3.37. The van der Waals surface area contributed by atoms with Gasteiger partial charge in [-0.3, -0.25) is 14.7 Å². The predicted octanol–water partition coefficient (Wildman–Crippen LogP) is 0.103. The molecule has 2 aliphatic rings. The van der Waals surface area contributed by atoms with Crippen LogP contribution in [-0.4, -0.2) is 85.6 Å². The molecule has 2 fully saturated rings. The Morgan fingerprint density at radius 2 is 2.44 bits per heavy atom. The van der Waals surface area contributed by atoms with E-state index < -0.39 is 0 Å². The number of methoxy groups -OCH3 is 1. The molecule has 0 aromatic carbocycles. The van der Waals surface area contributed by atoms with Gasteiger partial charge in [-0.2, -0.15) is 0 Å². The zero-order chi connectivity index (χ0) is 17.5. The van der Waals surface area contributed by atoms with Gasteiger partial charge in [-0.05, 0) is 12.8 Å². The first kappa shape index (κ1) is 18.2. The summed E-state index contributed by atoms with van der Waals surface area (Å²) in [5.41, 5.74) is 0.0328. The van der Waals surface area contributed by atoms with E-state index >= 15 is 0 Å². The minimum Gasteiger partial charge on any atom is -0.383 e. The quantitative estimate of drug-likeness (QED) is 0.779. The first-order valence-electron chi connectivity index (χ1n) is 8.72. The van der Waals surface area contributed by atoms with Crippen molar-refractivity contribution < 1.29 is 19.0 Å². The number of nitrogens with zero attached hydrogens (tertiary/aromatic N) is 3. The Bertz CT molecular complexity index is 559. The van der Waals surface area contributed by atoms with Crippen molar-refractivity contribution in [3.63, 3.8) is 0 Å². The van der Waals surface area contributed by atoms with E-state index in [2.05, 4.69) is 20.2 Å². The highest BCUT2D eigenvalue weighted by atomic mass is 16.6. The molecular weight excluding hydrogens is 324 g/mol. The molecule has 8 nitrogen and oxygen atoms in total. The Morgan fingerprint density at radius 3 is 3.24 bits per heavy atom. The topological polar surface area (TPSA) is 85.8 Å². The van der Waals surface area contributed by atoms with Crippen LogP contribution < -0.4 is 5.32 Å². The average molecular weight is 350 g/mol. The highest BCUT2D eigenvalue weighted by Crippen LogP contribution is 2.32. The first-order valence-corrected chi connectivity index (χ1v) is 8.72. The number of carbonyl (C=O) groups excluding carboxylic acids is 1. The van der Waals surface area contributed by atoms with Crippen LogP contribution in [0.2, 0.25) is 0 Å². The molecule has 1 N–H and O–H groups in total. The number of hydrogen-bond donors (Lipinski definition) is 1. The van der Waals surface area contributed by atoms with E-state index in [4.69, 9.17) is 14.2 Å². The van der Waals surface area contributed by atoms with Gasteiger partial charge in [0.1, 0.15) is 11.3 Å². The number of carbonyl (C=O) groups is 1. The fraction of sp³-hybridized carbons (Fsp3) is 0.706. The van der Waals surface area contributed by atoms with Gasteiger partial charge in [0.05, 0.1) is 32.1 Å². The smallest absolute Gasteiger partial charge is 0.271 e. The van der Waals surface area contributed by atoms with Crippen LogP contribution >= 0.6 is 0 Å². The van der Waals surface area contributed by atoms with Crippen LogP contribution in [0.3, 0.4) is 0 Å². The molecule has 1 aromatic heterocycles. The SMILES string of the molecule is COCCN1CCOC[C@@]2(CC[C@H](CNC(=O)c3cnccn3)O2)C1. The maximum absolute atomic E-state index is 12.1. The number of nitrogens with one attached hydrogen (secondary N) is 1. The summed E-state index contributed by atoms with van der Waals surface area (Å²) >= 11 is 0. The summed E-state index contributed by atoms with van der Waals surface area (Å²) in [5.74, 6) is -0.225. The summed E-state index contributed by atoms with van der Waals surface area (Å²) in [6.07, 6.45) is 6.34. The predicted molar refractivity (Wildman–Crippen MR) is 90.3 cm³/mol. The van der Waals surface area contributed by atoms with Crippen molar-refractivity contribution in [1.82, 2.24) is 20.2 Å². The van der Waals surface area contributed by atoms with Gasteiger partial charge in [0, 0.05) is 45.7 Å². The molecule has 0 radical (unpaired) electrons. The molecule has 8 heteroatoms. The van der Waals surface area contributed by atoms with Gasteiger partial charge >= 0.3 is 0 Å². The lowest BCUT2D eigenvalue weighted by molar-refractivity contribution is -0.0851. The Kier molecular flexibility index (Phi) is 6.30. The third kappa shape index (κ3) is 4.94. The highest BCUT2D eigenvalue weighted by molar-refractivity contribution is 5.91. The van der Waals surface area contributed by atoms with E-state index in [1.807, 2.05) is 0 Å². The van der Waals surface area contributed by atoms with Crippen LogP contribution in [0.1, 0.15) is 23.3 Å². The molecule has 0 aliphatic carbocycles. The highest BCUT2D eigenvalue weighted by Gasteiger charge is 2.42. The maximum Gasteiger partial charge on any atom is 0.271 e. The van der Waals surface area contributed by atoms with E-state index in [1.165, 1.54) is 12.4 Å². The molecule has 138 valence electrons. The second kappa shape index (κ2) is 8.66. The Morgan fingerprint density at radius 1 is 1.52 bits per heavy atom. The van der Waals surface area contributed by atoms with Gasteiger partial charge in [-0.15, -0.1) is 0 Å². The normalized spacial score (nSPS) is 27.3. The number of aromatic nitrogens is 2. The summed E-state index contributed by atoms with van der Waals surface area (Å²) in [7, 11) is 1.71. The van der Waals surface area contributed by atoms with Crippen LogP contribution in [0.5, 0.6) is 0 Å². The van der Waals surface area contributed by atoms with Crippen LogP contribution in [0.25, 0.3) is 0 Å². The zero-order valence-electron chi connectivity index (χ0n) is 14.6. The second-order valence-corrected chi connectivity index (χ2v) is 6.58. The Hall–Kier alpha value is -1.61. The van der Waals surface area contributed by atoms with Gasteiger partial charge < -0.3 is 19.5 Å². The maximum atomic E-state index is 12.1. The number of amides is 1. The van der Waals surface area contributed by atoms with Gasteiger partial charge in [-0.1, -0.05) is 0 Å². The van der Waals surface area contributed by atoms with Crippen LogP contribution in [0, 0.1) is 0 Å². The van der Waals surface area contributed by atoms with Crippen molar-refractivity contribution in [3.8, 4) is 0 Å². The average Bonchev–Trinajstić information content (AvgIpc) is 2.93. The lowest BCUT2D eigenvalue weighted by Gasteiger charge is -2.31. The standard InChI is InChI=1S/C17H26N4O4/c1-23-8-6-21-7-9-24-13-17(12-21)3-2-14(25-17)10-20-16(22)15-11-18-4-5-19-15/h4-5,11,14H,2-3,6-10,12-13H2,1H3,(H,20,22)/t14-,17-/m1/s1. The summed E-state index contributed by atoms with van der Waals surface area (Å²) < 4.78 is 17.3. The molecule has 0 unspecified atom stereocenters. The third-order valence-corrected chi connectivity index (χ3v) is 4.67. The summed E-state index contributed by atoms with van der Waals surface area (Å²) in [6, 6.07) is 0. The zero-order valence-corrected chi connectivity index (χ0v) is 14.6. The third-order valence-electron chi connectivity index (χ3n) is 4.67. The fourth-order valence-electron chi connectivity index (χ4n) is 3.37. The lowest BCUT2D eigenvalue weighted by Crippen LogP contribution is -2.46. The molecule has 3 rings (SSSR count). The Labute approximate surface area is 147 Å². The van der Waals surface area contributed by atoms with E-state index in [9.17, 15) is 4.79 Å². The summed E-state index contributed by atoms with van der Waals surface area (Å²) in [6.45, 7) is 5.09. The van der Waals surface area contributed by atoms with Crippen LogP contribution in [0.15, 0.2) is 18.6 Å². The molecule has 0 saturated carbocycles. The van der Waals surface area contributed by atoms with Crippen LogP contribution in [-0.2, 0) is 14.2 Å². The van der Waals surface area contributed by atoms with Crippen molar-refractivity contribution in [2.45, 2.75) is 24.5 Å². The monoisotopic (exact) mass is 350 g/mol. The molecule has 3 heterocycles. The second-order valence-electron chi connectivity index (χ2n) is 6.58. The molecular formula is C17H26N4O4. The molecule has 1 aromatic rings. The largest absolute Gasteiger partial charge is 0.383 e. The lowest BCUT2D eigenvalue weighted by atomic mass is 10.00. The number of ether oxygens (including phenoxy) is 3. The molecule has 2 atom stereocenters. The van der Waals surface area contributed by atoms with Gasteiger partial charge in [0.2, 0.25) is 0 Å². The minimum absolute atomic E-state index is 0.00778. The van der Waals surface area contributed by atoms with E-state index in [-0.39, 0.29) is 17.6 Å². The Balaban J connectivity index is 1.50. The number of rotatable bonds is 6. The van der Waals surface area contributed by atoms with Crippen molar-refractivity contribution in [2.24, 2.45) is 0 Å².